The molecule has 0 bridgehead atoms. The molecule has 4 rings (SSSR count). The van der Waals surface area contributed by atoms with Crippen molar-refractivity contribution in [3.63, 3.8) is 0 Å². The first-order chi connectivity index (χ1) is 13.5. The van der Waals surface area contributed by atoms with Gasteiger partial charge in [-0.15, -0.1) is 0 Å². The average Bonchev–Trinajstić information content (AvgIpc) is 3.13. The van der Waals surface area contributed by atoms with Crippen LogP contribution in [0.25, 0.3) is 33.2 Å². The highest BCUT2D eigenvalue weighted by atomic mass is 19.4. The van der Waals surface area contributed by atoms with Crippen LogP contribution in [-0.2, 0) is 12.7 Å². The fourth-order valence-electron chi connectivity index (χ4n) is 2.94. The molecule has 0 amide bonds. The number of rotatable bonds is 2. The summed E-state index contributed by atoms with van der Waals surface area (Å²) < 4.78 is 77.7. The van der Waals surface area contributed by atoms with Crippen LogP contribution in [0.15, 0.2) is 41.6 Å². The maximum Gasteiger partial charge on any atom is 0.417 e. The molecule has 0 aromatic carbocycles. The number of hydrogen-bond acceptors (Lipinski definition) is 4. The van der Waals surface area contributed by atoms with Crippen molar-refractivity contribution in [3.8, 4) is 11.3 Å². The van der Waals surface area contributed by atoms with Gasteiger partial charge in [0.15, 0.2) is 0 Å². The lowest BCUT2D eigenvalue weighted by Crippen LogP contribution is -2.28. The van der Waals surface area contributed by atoms with Gasteiger partial charge in [0.2, 0.25) is 0 Å². The van der Waals surface area contributed by atoms with Gasteiger partial charge in [-0.1, -0.05) is 0 Å². The summed E-state index contributed by atoms with van der Waals surface area (Å²) in [5, 5.41) is 6.15. The third-order valence-corrected chi connectivity index (χ3v) is 4.23. The summed E-state index contributed by atoms with van der Waals surface area (Å²) >= 11 is 0. The molecular formula is C17H9F6N5O. The summed E-state index contributed by atoms with van der Waals surface area (Å²) in [5.41, 5.74) is -1.60. The van der Waals surface area contributed by atoms with Gasteiger partial charge in [0.05, 0.1) is 33.9 Å². The minimum atomic E-state index is -4.68. The molecule has 0 aliphatic heterocycles. The lowest BCUT2D eigenvalue weighted by Gasteiger charge is -2.14. The fraction of sp³-hybridized carbons (Fsp3) is 0.176. The van der Waals surface area contributed by atoms with E-state index in [2.05, 4.69) is 20.2 Å². The van der Waals surface area contributed by atoms with Crippen LogP contribution >= 0.6 is 0 Å². The van der Waals surface area contributed by atoms with Gasteiger partial charge in [0.1, 0.15) is 12.1 Å². The number of nitrogens with zero attached hydrogens (tertiary/aromatic N) is 4. The van der Waals surface area contributed by atoms with Gasteiger partial charge in [-0.05, 0) is 18.2 Å². The number of aromatic nitrogens is 5. The third kappa shape index (κ3) is 3.41. The molecule has 150 valence electrons. The molecule has 0 saturated heterocycles. The van der Waals surface area contributed by atoms with E-state index < -0.39 is 30.0 Å². The van der Waals surface area contributed by atoms with Crippen molar-refractivity contribution in [2.45, 2.75) is 18.9 Å². The van der Waals surface area contributed by atoms with Gasteiger partial charge in [-0.3, -0.25) is 24.4 Å². The molecule has 0 aliphatic carbocycles. The maximum atomic E-state index is 13.0. The van der Waals surface area contributed by atoms with Crippen molar-refractivity contribution < 1.29 is 26.3 Å². The normalized spacial score (nSPS) is 12.8. The molecule has 29 heavy (non-hydrogen) atoms. The van der Waals surface area contributed by atoms with Crippen LogP contribution in [-0.4, -0.2) is 30.9 Å². The van der Waals surface area contributed by atoms with Crippen LogP contribution in [0.4, 0.5) is 26.3 Å². The smallest absolute Gasteiger partial charge is 0.297 e. The Hall–Kier alpha value is -3.44. The van der Waals surface area contributed by atoms with Crippen LogP contribution in [0.2, 0.25) is 0 Å². The standard InChI is InChI=1S/C17H9F6N5O/c18-16(19,20)7-28-12-3-8(11-2-1-9(5-24-11)17(21,22)23)4-25-14(12)13-10(15(28)29)6-26-27-13/h1-6H,7H2,(H,26,27). The Kier molecular flexibility index (Phi) is 4.10. The SMILES string of the molecule is O=c1c2cn[nH]c2c2ncc(-c3ccc(C(F)(F)F)cn3)cc2n1CC(F)(F)F. The second-order valence-corrected chi connectivity index (χ2v) is 6.19. The second kappa shape index (κ2) is 6.29. The predicted molar refractivity (Wildman–Crippen MR) is 89.9 cm³/mol. The van der Waals surface area contributed by atoms with E-state index in [0.29, 0.717) is 10.8 Å². The molecule has 0 saturated carbocycles. The molecule has 4 aromatic rings. The van der Waals surface area contributed by atoms with Crippen molar-refractivity contribution in [1.82, 2.24) is 24.7 Å². The molecular weight excluding hydrogens is 404 g/mol. The molecule has 4 heterocycles. The zero-order chi connectivity index (χ0) is 21.0. The highest BCUT2D eigenvalue weighted by Crippen LogP contribution is 2.31. The second-order valence-electron chi connectivity index (χ2n) is 6.19. The molecule has 0 spiro atoms. The number of aromatic amines is 1. The maximum absolute atomic E-state index is 13.0. The Morgan fingerprint density at radius 3 is 2.38 bits per heavy atom. The minimum absolute atomic E-state index is 0.0584. The summed E-state index contributed by atoms with van der Waals surface area (Å²) in [4.78, 5) is 20.3. The Labute approximate surface area is 156 Å². The van der Waals surface area contributed by atoms with Gasteiger partial charge >= 0.3 is 12.4 Å². The van der Waals surface area contributed by atoms with E-state index >= 15 is 0 Å². The largest absolute Gasteiger partial charge is 0.417 e. The van der Waals surface area contributed by atoms with Crippen LogP contribution in [0, 0.1) is 0 Å². The van der Waals surface area contributed by atoms with E-state index in [9.17, 15) is 31.1 Å². The van der Waals surface area contributed by atoms with Crippen molar-refractivity contribution in [2.24, 2.45) is 0 Å². The Morgan fingerprint density at radius 1 is 1.00 bits per heavy atom. The number of fused-ring (bicyclic) bond motifs is 3. The molecule has 0 aliphatic rings. The number of nitrogens with one attached hydrogen (secondary N) is 1. The van der Waals surface area contributed by atoms with Crippen LogP contribution in [0.1, 0.15) is 5.56 Å². The molecule has 0 atom stereocenters. The van der Waals surface area contributed by atoms with E-state index in [0.717, 1.165) is 18.3 Å². The number of hydrogen-bond donors (Lipinski definition) is 1. The Bertz CT molecular complexity index is 1270. The van der Waals surface area contributed by atoms with Crippen molar-refractivity contribution in [2.75, 3.05) is 0 Å². The van der Waals surface area contributed by atoms with Crippen LogP contribution in [0.5, 0.6) is 0 Å². The van der Waals surface area contributed by atoms with Crippen LogP contribution in [0.3, 0.4) is 0 Å². The van der Waals surface area contributed by atoms with Crippen molar-refractivity contribution in [3.05, 3.63) is 52.7 Å². The lowest BCUT2D eigenvalue weighted by molar-refractivity contribution is -0.140. The Morgan fingerprint density at radius 2 is 1.76 bits per heavy atom. The van der Waals surface area contributed by atoms with Gasteiger partial charge in [0, 0.05) is 18.0 Å². The molecule has 0 fully saturated rings. The van der Waals surface area contributed by atoms with E-state index in [4.69, 9.17) is 0 Å². The fourth-order valence-corrected chi connectivity index (χ4v) is 2.94. The highest BCUT2D eigenvalue weighted by Gasteiger charge is 2.31. The molecule has 1 N–H and O–H groups in total. The predicted octanol–water partition coefficient (Wildman–Crippen LogP) is 3.92. The van der Waals surface area contributed by atoms with E-state index in [1.54, 1.807) is 0 Å². The topological polar surface area (TPSA) is 76.5 Å². The average molecular weight is 413 g/mol. The number of halogens is 6. The molecule has 12 heteroatoms. The summed E-state index contributed by atoms with van der Waals surface area (Å²) in [6.45, 7) is -1.56. The number of H-pyrrole nitrogens is 1. The first-order valence-corrected chi connectivity index (χ1v) is 8.00. The van der Waals surface area contributed by atoms with Gasteiger partial charge in [0.25, 0.3) is 5.56 Å². The van der Waals surface area contributed by atoms with E-state index in [-0.39, 0.29) is 33.2 Å². The highest BCUT2D eigenvalue weighted by molar-refractivity contribution is 6.01. The summed E-state index contributed by atoms with van der Waals surface area (Å²) in [6.07, 6.45) is -6.29. The molecule has 6 nitrogen and oxygen atoms in total. The van der Waals surface area contributed by atoms with E-state index in [1.165, 1.54) is 12.3 Å². The zero-order valence-corrected chi connectivity index (χ0v) is 14.1. The summed E-state index contributed by atoms with van der Waals surface area (Å²) in [6, 6.07) is 3.10. The van der Waals surface area contributed by atoms with E-state index in [1.807, 2.05) is 0 Å². The zero-order valence-electron chi connectivity index (χ0n) is 14.1. The Balaban J connectivity index is 1.94. The number of alkyl halides is 6. The number of pyridine rings is 3. The van der Waals surface area contributed by atoms with Crippen LogP contribution < -0.4 is 5.56 Å². The summed E-state index contributed by atoms with van der Waals surface area (Å²) in [7, 11) is 0. The van der Waals surface area contributed by atoms with Gasteiger partial charge in [-0.25, -0.2) is 0 Å². The summed E-state index contributed by atoms with van der Waals surface area (Å²) in [5.74, 6) is 0. The quantitative estimate of drug-likeness (QED) is 0.506. The monoisotopic (exact) mass is 413 g/mol. The van der Waals surface area contributed by atoms with Gasteiger partial charge < -0.3 is 0 Å². The third-order valence-electron chi connectivity index (χ3n) is 4.23. The molecule has 4 aromatic heterocycles. The first-order valence-electron chi connectivity index (χ1n) is 8.00. The van der Waals surface area contributed by atoms with Crippen molar-refractivity contribution in [1.29, 1.82) is 0 Å². The molecule has 0 radical (unpaired) electrons. The molecule has 0 unspecified atom stereocenters. The van der Waals surface area contributed by atoms with Gasteiger partial charge in [-0.2, -0.15) is 31.4 Å². The minimum Gasteiger partial charge on any atom is -0.297 e. The first kappa shape index (κ1) is 18.9. The lowest BCUT2D eigenvalue weighted by atomic mass is 10.1. The van der Waals surface area contributed by atoms with Crippen molar-refractivity contribution >= 4 is 21.9 Å².